The van der Waals surface area contributed by atoms with E-state index in [2.05, 4.69) is 15.2 Å². The highest BCUT2D eigenvalue weighted by Gasteiger charge is 2.25. The Hall–Kier alpha value is -1.17. The number of nitrogens with two attached hydrogens (primary N) is 1. The fraction of sp³-hybridized carbons (Fsp3) is 0.643. The summed E-state index contributed by atoms with van der Waals surface area (Å²) in [6.45, 7) is 5.22. The van der Waals surface area contributed by atoms with Crippen molar-refractivity contribution >= 4 is 5.82 Å². The lowest BCUT2D eigenvalue weighted by Gasteiger charge is -2.36. The summed E-state index contributed by atoms with van der Waals surface area (Å²) in [6, 6.07) is 4.00. The third kappa shape index (κ3) is 3.43. The molecule has 3 N–H and O–H groups in total. The molecule has 2 fully saturated rings. The lowest BCUT2D eigenvalue weighted by molar-refractivity contribution is -0.0627. The quantitative estimate of drug-likeness (QED) is 0.832. The van der Waals surface area contributed by atoms with Gasteiger partial charge in [-0.05, 0) is 30.5 Å². The molecule has 0 saturated carbocycles. The molecule has 5 nitrogen and oxygen atoms in total. The molecule has 19 heavy (non-hydrogen) atoms. The van der Waals surface area contributed by atoms with Gasteiger partial charge in [0.15, 0.2) is 0 Å². The highest BCUT2D eigenvalue weighted by molar-refractivity contribution is 5.31. The first kappa shape index (κ1) is 12.8. The van der Waals surface area contributed by atoms with E-state index in [0.29, 0.717) is 18.0 Å². The molecule has 0 spiro atoms. The summed E-state index contributed by atoms with van der Waals surface area (Å²) in [5.41, 5.74) is 6.95. The number of nitrogens with zero attached hydrogens (tertiary/aromatic N) is 2. The maximum atomic E-state index is 6.03. The van der Waals surface area contributed by atoms with Gasteiger partial charge in [0, 0.05) is 38.9 Å². The number of anilines is 1. The van der Waals surface area contributed by atoms with Crippen LogP contribution in [-0.2, 0) is 11.3 Å². The van der Waals surface area contributed by atoms with E-state index in [4.69, 9.17) is 10.5 Å². The standard InChI is InChI=1S/C14H22N4O/c15-14-7-11(1-4-17-14)10-18-5-2-12(3-6-18)19-13-8-16-9-13/h1,4,7,12-13,16H,2-3,5-6,8-10H2,(H2,15,17). The van der Waals surface area contributed by atoms with Gasteiger partial charge >= 0.3 is 0 Å². The second-order valence-corrected chi connectivity index (χ2v) is 5.48. The van der Waals surface area contributed by atoms with Crippen LogP contribution in [0.15, 0.2) is 18.3 Å². The number of aromatic nitrogens is 1. The van der Waals surface area contributed by atoms with Crippen LogP contribution in [0.5, 0.6) is 0 Å². The van der Waals surface area contributed by atoms with Gasteiger partial charge in [-0.2, -0.15) is 0 Å². The maximum absolute atomic E-state index is 6.03. The third-order valence-corrected chi connectivity index (χ3v) is 3.92. The molecule has 0 radical (unpaired) electrons. The van der Waals surface area contributed by atoms with Gasteiger partial charge in [0.25, 0.3) is 0 Å². The number of piperidine rings is 1. The lowest BCUT2D eigenvalue weighted by Crippen LogP contribution is -2.51. The Morgan fingerprint density at radius 1 is 1.32 bits per heavy atom. The van der Waals surface area contributed by atoms with Crippen molar-refractivity contribution in [3.05, 3.63) is 23.9 Å². The summed E-state index contributed by atoms with van der Waals surface area (Å²) in [5.74, 6) is 0.605. The molecule has 0 atom stereocenters. The molecular weight excluding hydrogens is 240 g/mol. The van der Waals surface area contributed by atoms with Gasteiger partial charge in [-0.15, -0.1) is 0 Å². The lowest BCUT2D eigenvalue weighted by atomic mass is 10.1. The largest absolute Gasteiger partial charge is 0.384 e. The molecule has 0 unspecified atom stereocenters. The van der Waals surface area contributed by atoms with Crippen molar-refractivity contribution in [1.82, 2.24) is 15.2 Å². The van der Waals surface area contributed by atoms with Crippen LogP contribution in [0.4, 0.5) is 5.82 Å². The highest BCUT2D eigenvalue weighted by atomic mass is 16.5. The van der Waals surface area contributed by atoms with Crippen molar-refractivity contribution in [2.24, 2.45) is 0 Å². The van der Waals surface area contributed by atoms with Crippen molar-refractivity contribution in [2.75, 3.05) is 31.9 Å². The first-order valence-corrected chi connectivity index (χ1v) is 7.08. The van der Waals surface area contributed by atoms with Gasteiger partial charge in [-0.25, -0.2) is 4.98 Å². The SMILES string of the molecule is Nc1cc(CN2CCC(OC3CNC3)CC2)ccn1. The molecule has 1 aromatic heterocycles. The summed E-state index contributed by atoms with van der Waals surface area (Å²) in [7, 11) is 0. The van der Waals surface area contributed by atoms with E-state index >= 15 is 0 Å². The maximum Gasteiger partial charge on any atom is 0.123 e. The Labute approximate surface area is 114 Å². The van der Waals surface area contributed by atoms with Gasteiger partial charge in [0.1, 0.15) is 5.82 Å². The zero-order valence-corrected chi connectivity index (χ0v) is 11.2. The van der Waals surface area contributed by atoms with E-state index in [9.17, 15) is 0 Å². The summed E-state index contributed by atoms with van der Waals surface area (Å²) in [5, 5.41) is 3.24. The second-order valence-electron chi connectivity index (χ2n) is 5.48. The minimum Gasteiger partial charge on any atom is -0.384 e. The molecule has 1 aromatic rings. The second kappa shape index (κ2) is 5.86. The van der Waals surface area contributed by atoms with Crippen molar-refractivity contribution in [1.29, 1.82) is 0 Å². The summed E-state index contributed by atoms with van der Waals surface area (Å²) in [6.07, 6.45) is 4.96. The number of pyridine rings is 1. The van der Waals surface area contributed by atoms with E-state index in [1.54, 1.807) is 6.20 Å². The number of hydrogen-bond acceptors (Lipinski definition) is 5. The summed E-state index contributed by atoms with van der Waals surface area (Å²) < 4.78 is 6.03. The Morgan fingerprint density at radius 3 is 2.74 bits per heavy atom. The molecule has 3 heterocycles. The number of hydrogen-bond donors (Lipinski definition) is 2. The Bertz CT molecular complexity index is 414. The topological polar surface area (TPSA) is 63.4 Å². The van der Waals surface area contributed by atoms with Crippen molar-refractivity contribution < 1.29 is 4.74 Å². The monoisotopic (exact) mass is 262 g/mol. The van der Waals surface area contributed by atoms with Crippen LogP contribution in [0.2, 0.25) is 0 Å². The molecule has 104 valence electrons. The number of nitrogens with one attached hydrogen (secondary N) is 1. The first-order valence-electron chi connectivity index (χ1n) is 7.08. The fourth-order valence-electron chi connectivity index (χ4n) is 2.68. The molecule has 0 bridgehead atoms. The molecule has 0 amide bonds. The van der Waals surface area contributed by atoms with Crippen molar-refractivity contribution in [2.45, 2.75) is 31.6 Å². The highest BCUT2D eigenvalue weighted by Crippen LogP contribution is 2.18. The van der Waals surface area contributed by atoms with Crippen LogP contribution in [0.3, 0.4) is 0 Å². The molecule has 2 saturated heterocycles. The summed E-state index contributed by atoms with van der Waals surface area (Å²) in [4.78, 5) is 6.49. The molecule has 5 heteroatoms. The van der Waals surface area contributed by atoms with E-state index in [1.807, 2.05) is 12.1 Å². The summed E-state index contributed by atoms with van der Waals surface area (Å²) >= 11 is 0. The molecule has 2 aliphatic rings. The Kier molecular flexibility index (Phi) is 3.96. The van der Waals surface area contributed by atoms with Gasteiger partial charge in [0.2, 0.25) is 0 Å². The minimum absolute atomic E-state index is 0.450. The number of nitrogen functional groups attached to an aromatic ring is 1. The normalized spacial score (nSPS) is 22.3. The van der Waals surface area contributed by atoms with Crippen LogP contribution < -0.4 is 11.1 Å². The molecule has 3 rings (SSSR count). The number of likely N-dealkylation sites (tertiary alicyclic amines) is 1. The third-order valence-electron chi connectivity index (χ3n) is 3.92. The van der Waals surface area contributed by atoms with Crippen molar-refractivity contribution in [3.8, 4) is 0 Å². The predicted molar refractivity (Wildman–Crippen MR) is 74.7 cm³/mol. The van der Waals surface area contributed by atoms with Gasteiger partial charge in [-0.3, -0.25) is 4.90 Å². The Morgan fingerprint density at radius 2 is 2.11 bits per heavy atom. The fourth-order valence-corrected chi connectivity index (χ4v) is 2.68. The van der Waals surface area contributed by atoms with E-state index in [1.165, 1.54) is 5.56 Å². The average Bonchev–Trinajstić information content (AvgIpc) is 2.36. The van der Waals surface area contributed by atoms with Gasteiger partial charge in [0.05, 0.1) is 12.2 Å². The van der Waals surface area contributed by atoms with Crippen LogP contribution in [0.1, 0.15) is 18.4 Å². The zero-order valence-electron chi connectivity index (χ0n) is 11.2. The average molecular weight is 262 g/mol. The number of rotatable bonds is 4. The Balaban J connectivity index is 1.44. The van der Waals surface area contributed by atoms with Gasteiger partial charge in [-0.1, -0.05) is 0 Å². The van der Waals surface area contributed by atoms with E-state index in [-0.39, 0.29) is 0 Å². The first-order chi connectivity index (χ1) is 9.29. The van der Waals surface area contributed by atoms with E-state index in [0.717, 1.165) is 45.6 Å². The number of ether oxygens (including phenoxy) is 1. The smallest absolute Gasteiger partial charge is 0.123 e. The predicted octanol–water partition coefficient (Wildman–Crippen LogP) is 0.617. The van der Waals surface area contributed by atoms with Crippen LogP contribution in [0, 0.1) is 0 Å². The molecular formula is C14H22N4O. The van der Waals surface area contributed by atoms with Crippen LogP contribution >= 0.6 is 0 Å². The van der Waals surface area contributed by atoms with Gasteiger partial charge < -0.3 is 15.8 Å². The van der Waals surface area contributed by atoms with Crippen LogP contribution in [-0.4, -0.2) is 48.3 Å². The zero-order chi connectivity index (χ0) is 13.1. The molecule has 2 aliphatic heterocycles. The van der Waals surface area contributed by atoms with E-state index < -0.39 is 0 Å². The van der Waals surface area contributed by atoms with Crippen LogP contribution in [0.25, 0.3) is 0 Å². The molecule has 0 aliphatic carbocycles. The minimum atomic E-state index is 0.450. The molecule has 0 aromatic carbocycles. The van der Waals surface area contributed by atoms with Crippen molar-refractivity contribution in [3.63, 3.8) is 0 Å².